The maximum Gasteiger partial charge on any atom is 0.127 e. The number of aryl methyl sites for hydroxylation is 1. The van der Waals surface area contributed by atoms with Gasteiger partial charge in [-0.05, 0) is 41.8 Å². The van der Waals surface area contributed by atoms with Gasteiger partial charge in [-0.25, -0.2) is 0 Å². The van der Waals surface area contributed by atoms with Crippen LogP contribution in [0.4, 0.5) is 0 Å². The number of ether oxygens (including phenoxy) is 1. The maximum atomic E-state index is 5.88. The Balaban J connectivity index is 1.99. The molecule has 0 unspecified atom stereocenters. The highest BCUT2D eigenvalue weighted by molar-refractivity contribution is 5.35. The molecule has 1 N–H and O–H groups in total. The van der Waals surface area contributed by atoms with E-state index in [2.05, 4.69) is 50.4 Å². The third-order valence-electron chi connectivity index (χ3n) is 3.18. The first-order valence-corrected chi connectivity index (χ1v) is 7.26. The van der Waals surface area contributed by atoms with Gasteiger partial charge in [-0.15, -0.1) is 0 Å². The van der Waals surface area contributed by atoms with Crippen molar-refractivity contribution in [2.45, 2.75) is 39.8 Å². The van der Waals surface area contributed by atoms with E-state index in [-0.39, 0.29) is 0 Å². The molecular formula is C18H23NO. The Bertz CT molecular complexity index is 531. The van der Waals surface area contributed by atoms with Crippen LogP contribution >= 0.6 is 0 Å². The minimum absolute atomic E-state index is 0.503. The lowest BCUT2D eigenvalue weighted by Crippen LogP contribution is -2.21. The van der Waals surface area contributed by atoms with Crippen molar-refractivity contribution < 1.29 is 4.74 Å². The first-order chi connectivity index (χ1) is 9.67. The third kappa shape index (κ3) is 4.39. The van der Waals surface area contributed by atoms with Crippen molar-refractivity contribution in [1.82, 2.24) is 5.32 Å². The summed E-state index contributed by atoms with van der Waals surface area (Å²) in [6, 6.07) is 17.0. The molecule has 2 nitrogen and oxygen atoms in total. The molecule has 0 fully saturated rings. The molecule has 0 aliphatic heterocycles. The molecule has 0 aromatic heterocycles. The van der Waals surface area contributed by atoms with Crippen LogP contribution in [0, 0.1) is 0 Å². The predicted octanol–water partition coefficient (Wildman–Crippen LogP) is 4.54. The monoisotopic (exact) mass is 269 g/mol. The van der Waals surface area contributed by atoms with Crippen LogP contribution in [-0.4, -0.2) is 6.04 Å². The van der Waals surface area contributed by atoms with E-state index < -0.39 is 0 Å². The van der Waals surface area contributed by atoms with Crippen LogP contribution in [0.15, 0.2) is 48.5 Å². The first-order valence-electron chi connectivity index (χ1n) is 7.26. The molecule has 2 heteroatoms. The van der Waals surface area contributed by atoms with Gasteiger partial charge in [0.05, 0.1) is 0 Å². The Morgan fingerprint density at radius 1 is 0.950 bits per heavy atom. The lowest BCUT2D eigenvalue weighted by atomic mass is 10.1. The van der Waals surface area contributed by atoms with Gasteiger partial charge in [0.15, 0.2) is 0 Å². The van der Waals surface area contributed by atoms with Crippen molar-refractivity contribution in [3.8, 4) is 11.5 Å². The zero-order valence-electron chi connectivity index (χ0n) is 12.5. The summed E-state index contributed by atoms with van der Waals surface area (Å²) in [4.78, 5) is 0. The maximum absolute atomic E-state index is 5.88. The molecule has 0 bridgehead atoms. The summed E-state index contributed by atoms with van der Waals surface area (Å²) < 4.78 is 5.88. The topological polar surface area (TPSA) is 21.3 Å². The summed E-state index contributed by atoms with van der Waals surface area (Å²) in [5.74, 6) is 1.78. The SMILES string of the molecule is CCc1cccc(Oc2ccc(CNC(C)C)cc2)c1. The Morgan fingerprint density at radius 2 is 1.70 bits per heavy atom. The van der Waals surface area contributed by atoms with Gasteiger partial charge in [0.25, 0.3) is 0 Å². The minimum Gasteiger partial charge on any atom is -0.457 e. The van der Waals surface area contributed by atoms with Crippen molar-refractivity contribution in [2.75, 3.05) is 0 Å². The van der Waals surface area contributed by atoms with Crippen molar-refractivity contribution in [2.24, 2.45) is 0 Å². The molecule has 0 spiro atoms. The highest BCUT2D eigenvalue weighted by Crippen LogP contribution is 2.22. The zero-order chi connectivity index (χ0) is 14.4. The standard InChI is InChI=1S/C18H23NO/c1-4-15-6-5-7-18(12-15)20-17-10-8-16(9-11-17)13-19-14(2)3/h5-12,14,19H,4,13H2,1-3H3. The van der Waals surface area contributed by atoms with Crippen molar-refractivity contribution >= 4 is 0 Å². The second-order valence-corrected chi connectivity index (χ2v) is 5.28. The molecule has 0 amide bonds. The summed E-state index contributed by atoms with van der Waals surface area (Å²) >= 11 is 0. The largest absolute Gasteiger partial charge is 0.457 e. The highest BCUT2D eigenvalue weighted by Gasteiger charge is 2.00. The molecule has 0 radical (unpaired) electrons. The Labute approximate surface area is 121 Å². The van der Waals surface area contributed by atoms with E-state index in [4.69, 9.17) is 4.74 Å². The van der Waals surface area contributed by atoms with Crippen LogP contribution in [-0.2, 0) is 13.0 Å². The van der Waals surface area contributed by atoms with E-state index in [9.17, 15) is 0 Å². The molecule has 2 aromatic rings. The number of rotatable bonds is 6. The fraction of sp³-hybridized carbons (Fsp3) is 0.333. The quantitative estimate of drug-likeness (QED) is 0.831. The van der Waals surface area contributed by atoms with Crippen molar-refractivity contribution in [3.63, 3.8) is 0 Å². The molecule has 0 saturated heterocycles. The fourth-order valence-electron chi connectivity index (χ4n) is 1.96. The molecule has 106 valence electrons. The molecule has 0 saturated carbocycles. The molecule has 0 aliphatic carbocycles. The smallest absolute Gasteiger partial charge is 0.127 e. The molecule has 20 heavy (non-hydrogen) atoms. The van der Waals surface area contributed by atoms with Gasteiger partial charge in [-0.3, -0.25) is 0 Å². The van der Waals surface area contributed by atoms with Crippen LogP contribution in [0.5, 0.6) is 11.5 Å². The van der Waals surface area contributed by atoms with Gasteiger partial charge in [0, 0.05) is 12.6 Å². The number of hydrogen-bond acceptors (Lipinski definition) is 2. The van der Waals surface area contributed by atoms with Gasteiger partial charge in [-0.1, -0.05) is 45.0 Å². The average molecular weight is 269 g/mol. The molecule has 2 aromatic carbocycles. The van der Waals surface area contributed by atoms with Crippen LogP contribution < -0.4 is 10.1 Å². The molecule has 0 heterocycles. The Kier molecular flexibility index (Phi) is 5.19. The van der Waals surface area contributed by atoms with E-state index in [1.54, 1.807) is 0 Å². The summed E-state index contributed by atoms with van der Waals surface area (Å²) in [6.07, 6.45) is 1.02. The lowest BCUT2D eigenvalue weighted by Gasteiger charge is -2.10. The molecule has 0 atom stereocenters. The van der Waals surface area contributed by atoms with E-state index >= 15 is 0 Å². The van der Waals surface area contributed by atoms with E-state index in [1.165, 1.54) is 11.1 Å². The number of nitrogens with one attached hydrogen (secondary N) is 1. The number of hydrogen-bond donors (Lipinski definition) is 1. The summed E-state index contributed by atoms with van der Waals surface area (Å²) in [7, 11) is 0. The predicted molar refractivity (Wildman–Crippen MR) is 84.3 cm³/mol. The van der Waals surface area contributed by atoms with E-state index in [0.29, 0.717) is 6.04 Å². The molecular weight excluding hydrogens is 246 g/mol. The summed E-state index contributed by atoms with van der Waals surface area (Å²) in [6.45, 7) is 7.34. The zero-order valence-corrected chi connectivity index (χ0v) is 12.5. The van der Waals surface area contributed by atoms with Gasteiger partial charge in [0.1, 0.15) is 11.5 Å². The Hall–Kier alpha value is -1.80. The molecule has 0 aliphatic rings. The van der Waals surface area contributed by atoms with Gasteiger partial charge in [-0.2, -0.15) is 0 Å². The van der Waals surface area contributed by atoms with E-state index in [0.717, 1.165) is 24.5 Å². The minimum atomic E-state index is 0.503. The van der Waals surface area contributed by atoms with Crippen LogP contribution in [0.1, 0.15) is 31.9 Å². The third-order valence-corrected chi connectivity index (χ3v) is 3.18. The highest BCUT2D eigenvalue weighted by atomic mass is 16.5. The van der Waals surface area contributed by atoms with Gasteiger partial charge >= 0.3 is 0 Å². The summed E-state index contributed by atoms with van der Waals surface area (Å²) in [5.41, 5.74) is 2.56. The van der Waals surface area contributed by atoms with Crippen molar-refractivity contribution in [3.05, 3.63) is 59.7 Å². The number of benzene rings is 2. The molecule has 2 rings (SSSR count). The lowest BCUT2D eigenvalue weighted by molar-refractivity contribution is 0.481. The normalized spacial score (nSPS) is 10.8. The van der Waals surface area contributed by atoms with Gasteiger partial charge < -0.3 is 10.1 Å². The fourth-order valence-corrected chi connectivity index (χ4v) is 1.96. The second kappa shape index (κ2) is 7.11. The first kappa shape index (κ1) is 14.6. The van der Waals surface area contributed by atoms with Crippen LogP contribution in [0.25, 0.3) is 0 Å². The van der Waals surface area contributed by atoms with Crippen LogP contribution in [0.2, 0.25) is 0 Å². The van der Waals surface area contributed by atoms with Crippen molar-refractivity contribution in [1.29, 1.82) is 0 Å². The summed E-state index contributed by atoms with van der Waals surface area (Å²) in [5, 5.41) is 3.41. The second-order valence-electron chi connectivity index (χ2n) is 5.28. The van der Waals surface area contributed by atoms with Gasteiger partial charge in [0.2, 0.25) is 0 Å². The average Bonchev–Trinajstić information content (AvgIpc) is 2.47. The Morgan fingerprint density at radius 3 is 2.35 bits per heavy atom. The van der Waals surface area contributed by atoms with E-state index in [1.807, 2.05) is 24.3 Å². The van der Waals surface area contributed by atoms with Crippen LogP contribution in [0.3, 0.4) is 0 Å².